The molecule has 3 aromatic carbocycles. The predicted octanol–water partition coefficient (Wildman–Crippen LogP) is 5.15. The minimum Gasteiger partial charge on any atom is -0.352 e. The van der Waals surface area contributed by atoms with E-state index in [1.165, 1.54) is 10.4 Å². The second-order valence-corrected chi connectivity index (χ2v) is 12.0. The topological polar surface area (TPSA) is 95.6 Å². The first-order valence-electron chi connectivity index (χ1n) is 12.4. The third-order valence-corrected chi connectivity index (χ3v) is 9.01. The molecule has 0 unspecified atom stereocenters. The van der Waals surface area contributed by atoms with Gasteiger partial charge in [0.1, 0.15) is 0 Å². The number of halogens is 2. The molecule has 0 aliphatic carbocycles. The number of benzene rings is 3. The van der Waals surface area contributed by atoms with Crippen LogP contribution in [0.2, 0.25) is 10.0 Å². The van der Waals surface area contributed by atoms with Gasteiger partial charge >= 0.3 is 0 Å². The molecular formula is C28H29Cl2N3O4S. The minimum absolute atomic E-state index is 0.0704. The first-order chi connectivity index (χ1) is 18.2. The molecule has 1 saturated heterocycles. The summed E-state index contributed by atoms with van der Waals surface area (Å²) >= 11 is 12.0. The molecule has 0 spiro atoms. The van der Waals surface area contributed by atoms with Crippen molar-refractivity contribution in [3.05, 3.63) is 99.5 Å². The van der Waals surface area contributed by atoms with Crippen molar-refractivity contribution >= 4 is 50.7 Å². The van der Waals surface area contributed by atoms with Crippen LogP contribution in [0.3, 0.4) is 0 Å². The Morgan fingerprint density at radius 2 is 1.66 bits per heavy atom. The number of amides is 2. The minimum atomic E-state index is -3.67. The molecule has 2 N–H and O–H groups in total. The summed E-state index contributed by atoms with van der Waals surface area (Å²) < 4.78 is 27.5. The Balaban J connectivity index is 1.37. The number of carbonyl (C=O) groups is 2. The van der Waals surface area contributed by atoms with Gasteiger partial charge in [-0.2, -0.15) is 0 Å². The largest absolute Gasteiger partial charge is 0.352 e. The van der Waals surface area contributed by atoms with Crippen molar-refractivity contribution in [2.75, 3.05) is 25.0 Å². The van der Waals surface area contributed by atoms with E-state index in [-0.39, 0.29) is 29.1 Å². The van der Waals surface area contributed by atoms with Gasteiger partial charge < -0.3 is 10.6 Å². The zero-order valence-corrected chi connectivity index (χ0v) is 23.0. The van der Waals surface area contributed by atoms with E-state index in [0.717, 1.165) is 5.56 Å². The molecule has 7 nitrogen and oxygen atoms in total. The molecule has 1 aliphatic heterocycles. The fourth-order valence-corrected chi connectivity index (χ4v) is 6.34. The molecule has 4 rings (SSSR count). The normalized spacial score (nSPS) is 16.1. The van der Waals surface area contributed by atoms with E-state index in [0.29, 0.717) is 54.2 Å². The van der Waals surface area contributed by atoms with Gasteiger partial charge in [0.05, 0.1) is 33.0 Å². The number of rotatable bonds is 9. The molecule has 0 aromatic heterocycles. The zero-order valence-electron chi connectivity index (χ0n) is 20.7. The van der Waals surface area contributed by atoms with Crippen LogP contribution in [0.4, 0.5) is 5.69 Å². The van der Waals surface area contributed by atoms with Crippen LogP contribution in [0.1, 0.15) is 34.3 Å². The Hall–Kier alpha value is -2.91. The van der Waals surface area contributed by atoms with Crippen LogP contribution in [0, 0.1) is 5.92 Å². The number of anilines is 1. The highest BCUT2D eigenvalue weighted by Crippen LogP contribution is 2.27. The Kier molecular flexibility index (Phi) is 9.44. The first-order valence-corrected chi connectivity index (χ1v) is 14.7. The third-order valence-electron chi connectivity index (χ3n) is 6.45. The predicted molar refractivity (Wildman–Crippen MR) is 151 cm³/mol. The van der Waals surface area contributed by atoms with Crippen molar-refractivity contribution < 1.29 is 18.0 Å². The maximum Gasteiger partial charge on any atom is 0.253 e. The van der Waals surface area contributed by atoms with E-state index in [1.54, 1.807) is 36.4 Å². The van der Waals surface area contributed by atoms with Gasteiger partial charge in [0, 0.05) is 19.6 Å². The van der Waals surface area contributed by atoms with Crippen molar-refractivity contribution in [1.29, 1.82) is 0 Å². The number of nitrogens with one attached hydrogen (secondary N) is 2. The maximum absolute atomic E-state index is 13.2. The lowest BCUT2D eigenvalue weighted by Crippen LogP contribution is -2.44. The van der Waals surface area contributed by atoms with Crippen LogP contribution < -0.4 is 10.6 Å². The molecular weight excluding hydrogens is 545 g/mol. The number of hydrogen-bond acceptors (Lipinski definition) is 4. The fourth-order valence-electron chi connectivity index (χ4n) is 4.43. The smallest absolute Gasteiger partial charge is 0.253 e. The van der Waals surface area contributed by atoms with Crippen molar-refractivity contribution in [3.63, 3.8) is 0 Å². The number of carbonyl (C=O) groups excluding carboxylic acids is 2. The van der Waals surface area contributed by atoms with Gasteiger partial charge in [0.15, 0.2) is 0 Å². The standard InChI is InChI=1S/C28H29Cl2N3O4S/c29-24-13-12-21(17-25(24)30)19-38(36,37)33-16-6-9-22(18-33)27(34)32-26-11-5-4-10-23(26)28(35)31-15-14-20-7-2-1-3-8-20/h1-5,7-8,10-13,17,22H,6,9,14-16,18-19H2,(H,31,35)(H,32,34)/t22-/m0/s1. The molecule has 38 heavy (non-hydrogen) atoms. The second kappa shape index (κ2) is 12.8. The lowest BCUT2D eigenvalue weighted by molar-refractivity contribution is -0.120. The van der Waals surface area contributed by atoms with Gasteiger partial charge in [-0.3, -0.25) is 9.59 Å². The van der Waals surface area contributed by atoms with Crippen LogP contribution >= 0.6 is 23.2 Å². The Morgan fingerprint density at radius 3 is 2.42 bits per heavy atom. The van der Waals surface area contributed by atoms with E-state index in [2.05, 4.69) is 10.6 Å². The highest BCUT2D eigenvalue weighted by atomic mass is 35.5. The SMILES string of the molecule is O=C(NCCc1ccccc1)c1ccccc1NC(=O)[C@H]1CCCN(S(=O)(=O)Cc2ccc(Cl)c(Cl)c2)C1. The molecule has 1 aliphatic rings. The van der Waals surface area contributed by atoms with Crippen LogP contribution in [-0.2, 0) is 27.0 Å². The molecule has 0 bridgehead atoms. The fraction of sp³-hybridized carbons (Fsp3) is 0.286. The summed E-state index contributed by atoms with van der Waals surface area (Å²) in [6.07, 6.45) is 1.80. The number of hydrogen-bond donors (Lipinski definition) is 2. The molecule has 1 atom stereocenters. The van der Waals surface area contributed by atoms with Gasteiger partial charge in [0.25, 0.3) is 5.91 Å². The number of para-hydroxylation sites is 1. The summed E-state index contributed by atoms with van der Waals surface area (Å²) in [5.41, 5.74) is 2.39. The number of piperidine rings is 1. The monoisotopic (exact) mass is 573 g/mol. The lowest BCUT2D eigenvalue weighted by Gasteiger charge is -2.31. The van der Waals surface area contributed by atoms with Crippen molar-refractivity contribution in [3.8, 4) is 0 Å². The molecule has 1 fully saturated rings. The lowest BCUT2D eigenvalue weighted by atomic mass is 9.98. The second-order valence-electron chi connectivity index (χ2n) is 9.23. The molecule has 3 aromatic rings. The van der Waals surface area contributed by atoms with Crippen molar-refractivity contribution in [2.45, 2.75) is 25.0 Å². The van der Waals surface area contributed by atoms with E-state index in [4.69, 9.17) is 23.2 Å². The summed E-state index contributed by atoms with van der Waals surface area (Å²) in [4.78, 5) is 26.0. The average Bonchev–Trinajstić information content (AvgIpc) is 2.91. The van der Waals surface area contributed by atoms with Crippen LogP contribution in [-0.4, -0.2) is 44.2 Å². The average molecular weight is 575 g/mol. The molecule has 0 radical (unpaired) electrons. The van der Waals surface area contributed by atoms with E-state index < -0.39 is 15.9 Å². The number of nitrogens with zero attached hydrogens (tertiary/aromatic N) is 1. The van der Waals surface area contributed by atoms with Crippen molar-refractivity contribution in [2.24, 2.45) is 5.92 Å². The van der Waals surface area contributed by atoms with E-state index in [9.17, 15) is 18.0 Å². The Labute approximate surface area is 233 Å². The van der Waals surface area contributed by atoms with Gasteiger partial charge in [-0.05, 0) is 54.7 Å². The summed E-state index contributed by atoms with van der Waals surface area (Å²) in [5, 5.41) is 6.40. The zero-order chi connectivity index (χ0) is 27.1. The van der Waals surface area contributed by atoms with Crippen molar-refractivity contribution in [1.82, 2.24) is 9.62 Å². The summed E-state index contributed by atoms with van der Waals surface area (Å²) in [6.45, 7) is 0.869. The molecule has 10 heteroatoms. The molecule has 2 amide bonds. The van der Waals surface area contributed by atoms with E-state index >= 15 is 0 Å². The Morgan fingerprint density at radius 1 is 0.921 bits per heavy atom. The van der Waals surface area contributed by atoms with Crippen LogP contribution in [0.15, 0.2) is 72.8 Å². The van der Waals surface area contributed by atoms with Gasteiger partial charge in [0.2, 0.25) is 15.9 Å². The third kappa shape index (κ3) is 7.35. The highest BCUT2D eigenvalue weighted by molar-refractivity contribution is 7.88. The van der Waals surface area contributed by atoms with Gasteiger partial charge in [-0.1, -0.05) is 71.7 Å². The summed E-state index contributed by atoms with van der Waals surface area (Å²) in [7, 11) is -3.67. The first kappa shape index (κ1) is 28.1. The highest BCUT2D eigenvalue weighted by Gasteiger charge is 2.33. The molecule has 0 saturated carbocycles. The summed E-state index contributed by atoms with van der Waals surface area (Å²) in [6, 6.07) is 21.4. The molecule has 1 heterocycles. The van der Waals surface area contributed by atoms with E-state index in [1.807, 2.05) is 30.3 Å². The van der Waals surface area contributed by atoms with Crippen LogP contribution in [0.25, 0.3) is 0 Å². The number of sulfonamides is 1. The van der Waals surface area contributed by atoms with Crippen LogP contribution in [0.5, 0.6) is 0 Å². The maximum atomic E-state index is 13.2. The molecule has 200 valence electrons. The van der Waals surface area contributed by atoms with Gasteiger partial charge in [-0.15, -0.1) is 0 Å². The van der Waals surface area contributed by atoms with Gasteiger partial charge in [-0.25, -0.2) is 12.7 Å². The summed E-state index contributed by atoms with van der Waals surface area (Å²) in [5.74, 6) is -1.37. The quantitative estimate of drug-likeness (QED) is 0.370. The Bertz CT molecular complexity index is 1400.